The number of rotatable bonds is 7. The predicted molar refractivity (Wildman–Crippen MR) is 165 cm³/mol. The molecule has 1 fully saturated rings. The summed E-state index contributed by atoms with van der Waals surface area (Å²) < 4.78 is 7.96. The molecule has 3 aliphatic rings. The number of imidazole rings is 1. The van der Waals surface area contributed by atoms with Crippen molar-refractivity contribution in [1.29, 1.82) is 0 Å². The largest absolute Gasteiger partial charge is 0.490 e. The summed E-state index contributed by atoms with van der Waals surface area (Å²) in [5.41, 5.74) is 5.22. The summed E-state index contributed by atoms with van der Waals surface area (Å²) in [6, 6.07) is 16.4. The van der Waals surface area contributed by atoms with Gasteiger partial charge < -0.3 is 19.1 Å². The normalized spacial score (nSPS) is 19.0. The first-order valence-corrected chi connectivity index (χ1v) is 14.9. The molecule has 3 aliphatic heterocycles. The van der Waals surface area contributed by atoms with Crippen LogP contribution < -0.4 is 9.64 Å². The highest BCUT2D eigenvalue weighted by molar-refractivity contribution is 5.85. The van der Waals surface area contributed by atoms with Crippen molar-refractivity contribution in [3.05, 3.63) is 79.2 Å². The number of fused-ring (bicyclic) bond motifs is 1. The van der Waals surface area contributed by atoms with E-state index in [1.165, 1.54) is 5.71 Å². The topological polar surface area (TPSA) is 63.0 Å². The van der Waals surface area contributed by atoms with Crippen LogP contribution in [-0.4, -0.2) is 59.4 Å². The molecule has 0 atom stereocenters. The molecule has 0 aliphatic carbocycles. The molecule has 4 heterocycles. The Morgan fingerprint density at radius 1 is 1.02 bits per heavy atom. The van der Waals surface area contributed by atoms with Crippen molar-refractivity contribution < 1.29 is 9.53 Å². The summed E-state index contributed by atoms with van der Waals surface area (Å²) in [4.78, 5) is 27.4. The molecule has 1 saturated heterocycles. The predicted octanol–water partition coefficient (Wildman–Crippen LogP) is 6.37. The number of benzene rings is 2. The second-order valence-corrected chi connectivity index (χ2v) is 11.3. The van der Waals surface area contributed by atoms with Crippen molar-refractivity contribution in [3.63, 3.8) is 0 Å². The van der Waals surface area contributed by atoms with E-state index in [0.29, 0.717) is 12.5 Å². The van der Waals surface area contributed by atoms with E-state index in [4.69, 9.17) is 9.72 Å². The lowest BCUT2D eigenvalue weighted by molar-refractivity contribution is -0.133. The van der Waals surface area contributed by atoms with Gasteiger partial charge in [0.15, 0.2) is 0 Å². The van der Waals surface area contributed by atoms with Crippen molar-refractivity contribution in [2.24, 2.45) is 10.9 Å². The zero-order chi connectivity index (χ0) is 28.0. The molecule has 0 radical (unpaired) electrons. The van der Waals surface area contributed by atoms with Crippen LogP contribution >= 0.6 is 0 Å². The number of likely N-dealkylation sites (tertiary alicyclic amines) is 1. The number of hydrogen-bond acceptors (Lipinski definition) is 5. The molecule has 41 heavy (non-hydrogen) atoms. The third kappa shape index (κ3) is 6.45. The highest BCUT2D eigenvalue weighted by atomic mass is 16.5. The Labute approximate surface area is 242 Å². The summed E-state index contributed by atoms with van der Waals surface area (Å²) in [6.45, 7) is 3.46. The summed E-state index contributed by atoms with van der Waals surface area (Å²) in [6.07, 6.45) is 16.6. The number of carbonyl (C=O) groups excluding carboxylic acids is 1. The molecule has 0 saturated carbocycles. The van der Waals surface area contributed by atoms with E-state index in [1.807, 2.05) is 46.1 Å². The Morgan fingerprint density at radius 2 is 1.88 bits per heavy atom. The summed E-state index contributed by atoms with van der Waals surface area (Å²) >= 11 is 0. The minimum Gasteiger partial charge on any atom is -0.490 e. The first-order valence-electron chi connectivity index (χ1n) is 14.9. The number of allylic oxidation sites excluding steroid dienone is 3. The van der Waals surface area contributed by atoms with E-state index < -0.39 is 0 Å². The molecule has 2 aromatic carbocycles. The van der Waals surface area contributed by atoms with E-state index in [2.05, 4.69) is 59.4 Å². The second kappa shape index (κ2) is 12.6. The van der Waals surface area contributed by atoms with Crippen LogP contribution in [0.2, 0.25) is 0 Å². The van der Waals surface area contributed by atoms with Crippen LogP contribution in [0, 0.1) is 5.92 Å². The average Bonchev–Trinajstić information content (AvgIpc) is 3.41. The van der Waals surface area contributed by atoms with Crippen molar-refractivity contribution in [3.8, 4) is 28.4 Å². The van der Waals surface area contributed by atoms with E-state index in [9.17, 15) is 4.79 Å². The smallest absolute Gasteiger partial charge is 0.242 e. The number of nitrogens with zero attached hydrogens (tertiary/aromatic N) is 5. The number of anilines is 1. The van der Waals surface area contributed by atoms with Crippen molar-refractivity contribution >= 4 is 17.3 Å². The van der Waals surface area contributed by atoms with Crippen molar-refractivity contribution in [2.45, 2.75) is 45.1 Å². The van der Waals surface area contributed by atoms with Crippen LogP contribution in [-0.2, 0) is 11.3 Å². The molecular formula is C34H39N5O2. The van der Waals surface area contributed by atoms with Gasteiger partial charge >= 0.3 is 0 Å². The van der Waals surface area contributed by atoms with Gasteiger partial charge in [-0.05, 0) is 62.7 Å². The molecule has 7 heteroatoms. The van der Waals surface area contributed by atoms with Gasteiger partial charge in [-0.15, -0.1) is 0 Å². The maximum Gasteiger partial charge on any atom is 0.242 e. The second-order valence-electron chi connectivity index (χ2n) is 11.3. The minimum absolute atomic E-state index is 0.154. The van der Waals surface area contributed by atoms with Gasteiger partial charge in [-0.2, -0.15) is 0 Å². The summed E-state index contributed by atoms with van der Waals surface area (Å²) in [5.74, 6) is 2.49. The van der Waals surface area contributed by atoms with E-state index >= 15 is 0 Å². The lowest BCUT2D eigenvalue weighted by atomic mass is 9.90. The van der Waals surface area contributed by atoms with Crippen LogP contribution in [0.25, 0.3) is 22.6 Å². The summed E-state index contributed by atoms with van der Waals surface area (Å²) in [5, 5.41) is 0. The SMILES string of the molecule is CN1CCOc2cc(-c3cn(CC(=O)N4CCC(CCC5=N/C=C\C=C/CC5)CC4)c(-c4ccccc4)n3)ccc21. The number of ether oxygens (including phenoxy) is 1. The number of amides is 1. The van der Waals surface area contributed by atoms with Crippen LogP contribution in [0.5, 0.6) is 5.75 Å². The Bertz CT molecular complexity index is 1450. The van der Waals surface area contributed by atoms with E-state index in [1.54, 1.807) is 0 Å². The van der Waals surface area contributed by atoms with E-state index in [-0.39, 0.29) is 12.5 Å². The number of hydrogen-bond donors (Lipinski definition) is 0. The fourth-order valence-electron chi connectivity index (χ4n) is 5.98. The molecule has 3 aromatic rings. The molecule has 0 N–H and O–H groups in total. The molecule has 212 valence electrons. The molecule has 0 spiro atoms. The Morgan fingerprint density at radius 3 is 2.73 bits per heavy atom. The Hall–Kier alpha value is -4.13. The van der Waals surface area contributed by atoms with Gasteiger partial charge in [-0.1, -0.05) is 48.6 Å². The molecular weight excluding hydrogens is 510 g/mol. The maximum absolute atomic E-state index is 13.5. The summed E-state index contributed by atoms with van der Waals surface area (Å²) in [7, 11) is 2.08. The van der Waals surface area contributed by atoms with Gasteiger partial charge in [0.1, 0.15) is 24.7 Å². The molecule has 7 nitrogen and oxygen atoms in total. The lowest BCUT2D eigenvalue weighted by Crippen LogP contribution is -2.40. The van der Waals surface area contributed by atoms with Crippen LogP contribution in [0.1, 0.15) is 38.5 Å². The van der Waals surface area contributed by atoms with Gasteiger partial charge in [-0.3, -0.25) is 9.79 Å². The van der Waals surface area contributed by atoms with Gasteiger partial charge in [-0.25, -0.2) is 4.98 Å². The molecule has 6 rings (SSSR count). The Balaban J connectivity index is 1.13. The quantitative estimate of drug-likeness (QED) is 0.344. The number of piperidine rings is 1. The third-order valence-electron chi connectivity index (χ3n) is 8.46. The number of aromatic nitrogens is 2. The number of aliphatic imine (C=N–C) groups is 1. The van der Waals surface area contributed by atoms with E-state index in [0.717, 1.165) is 92.2 Å². The molecule has 0 bridgehead atoms. The number of likely N-dealkylation sites (N-methyl/N-ethyl adjacent to an activating group) is 1. The van der Waals surface area contributed by atoms with Crippen LogP contribution in [0.4, 0.5) is 5.69 Å². The fourth-order valence-corrected chi connectivity index (χ4v) is 5.98. The van der Waals surface area contributed by atoms with Gasteiger partial charge in [0.05, 0.1) is 17.9 Å². The first-order chi connectivity index (χ1) is 20.1. The fraction of sp³-hybridized carbons (Fsp3) is 0.382. The first kappa shape index (κ1) is 27.1. The van der Waals surface area contributed by atoms with Gasteiger partial charge in [0.25, 0.3) is 0 Å². The van der Waals surface area contributed by atoms with Crippen LogP contribution in [0.3, 0.4) is 0 Å². The average molecular weight is 550 g/mol. The molecule has 1 amide bonds. The third-order valence-corrected chi connectivity index (χ3v) is 8.46. The maximum atomic E-state index is 13.5. The van der Waals surface area contributed by atoms with Crippen molar-refractivity contribution in [1.82, 2.24) is 14.5 Å². The Kier molecular flexibility index (Phi) is 8.31. The van der Waals surface area contributed by atoms with Gasteiger partial charge in [0, 0.05) is 49.4 Å². The number of carbonyl (C=O) groups is 1. The van der Waals surface area contributed by atoms with Gasteiger partial charge in [0.2, 0.25) is 5.91 Å². The lowest BCUT2D eigenvalue weighted by Gasteiger charge is -2.32. The standard InChI is InChI=1S/C34H39N5O2/c1-37-21-22-41-32-23-28(13-15-31(32)37)30-24-39(34(36-30)27-9-5-4-6-10-27)25-33(40)38-19-16-26(17-20-38)12-14-29-11-7-2-3-8-18-35-29/h2-6,8-10,13,15,18,23-24,26H,7,11-12,14,16-17,19-22,25H2,1H3/b3-2-,18-8-,35-29?. The molecule has 0 unspecified atom stereocenters. The minimum atomic E-state index is 0.154. The van der Waals surface area contributed by atoms with Crippen molar-refractivity contribution in [2.75, 3.05) is 38.2 Å². The zero-order valence-electron chi connectivity index (χ0n) is 23.9. The highest BCUT2D eigenvalue weighted by Crippen LogP contribution is 2.35. The highest BCUT2D eigenvalue weighted by Gasteiger charge is 2.25. The monoisotopic (exact) mass is 549 g/mol. The molecule has 1 aromatic heterocycles. The van der Waals surface area contributed by atoms with Crippen LogP contribution in [0.15, 0.2) is 84.1 Å². The zero-order valence-corrected chi connectivity index (χ0v) is 23.9.